The molecule has 0 spiro atoms. The highest BCUT2D eigenvalue weighted by Crippen LogP contribution is 2.31. The monoisotopic (exact) mass is 242 g/mol. The summed E-state index contributed by atoms with van der Waals surface area (Å²) in [5.41, 5.74) is 2.13. The van der Waals surface area contributed by atoms with Crippen molar-refractivity contribution in [1.29, 1.82) is 0 Å². The van der Waals surface area contributed by atoms with Crippen LogP contribution in [0.2, 0.25) is 0 Å². The van der Waals surface area contributed by atoms with Crippen LogP contribution in [0.5, 0.6) is 0 Å². The van der Waals surface area contributed by atoms with Crippen molar-refractivity contribution in [2.45, 2.75) is 44.9 Å². The summed E-state index contributed by atoms with van der Waals surface area (Å²) in [5.74, 6) is 2.38. The minimum absolute atomic E-state index is 0.567. The topological polar surface area (TPSA) is 54.5 Å². The molecule has 0 radical (unpaired) electrons. The number of pyridine rings is 1. The van der Waals surface area contributed by atoms with E-state index in [1.807, 2.05) is 19.3 Å². The van der Waals surface area contributed by atoms with Gasteiger partial charge in [0.1, 0.15) is 5.82 Å². The number of nitrogens with one attached hydrogen (secondary N) is 1. The molecule has 0 aromatic carbocycles. The standard InChI is InChI=1S/C14H18N4/c1-10-7-12(9-15-8-10)14-16-13(17-18-14)11-5-3-2-4-6-11/h7-9,11H,2-6H2,1H3,(H,16,17,18). The van der Waals surface area contributed by atoms with Gasteiger partial charge in [0.05, 0.1) is 0 Å². The van der Waals surface area contributed by atoms with Crippen molar-refractivity contribution >= 4 is 0 Å². The van der Waals surface area contributed by atoms with Crippen molar-refractivity contribution < 1.29 is 0 Å². The van der Waals surface area contributed by atoms with Gasteiger partial charge in [0.15, 0.2) is 5.82 Å². The van der Waals surface area contributed by atoms with Crippen molar-refractivity contribution in [1.82, 2.24) is 20.2 Å². The van der Waals surface area contributed by atoms with Gasteiger partial charge in [-0.2, -0.15) is 5.10 Å². The number of hydrogen-bond donors (Lipinski definition) is 1. The highest BCUT2D eigenvalue weighted by molar-refractivity contribution is 5.53. The molecule has 0 atom stereocenters. The minimum Gasteiger partial charge on any atom is -0.264 e. The van der Waals surface area contributed by atoms with Crippen LogP contribution in [0.3, 0.4) is 0 Å². The van der Waals surface area contributed by atoms with Gasteiger partial charge in [-0.15, -0.1) is 0 Å². The lowest BCUT2D eigenvalue weighted by Crippen LogP contribution is -2.06. The third-order valence-electron chi connectivity index (χ3n) is 3.63. The molecule has 1 N–H and O–H groups in total. The van der Waals surface area contributed by atoms with E-state index in [0.717, 1.165) is 22.8 Å². The van der Waals surface area contributed by atoms with Gasteiger partial charge in [-0.1, -0.05) is 19.3 Å². The van der Waals surface area contributed by atoms with Crippen molar-refractivity contribution in [3.63, 3.8) is 0 Å². The third-order valence-corrected chi connectivity index (χ3v) is 3.63. The zero-order valence-electron chi connectivity index (χ0n) is 10.7. The predicted molar refractivity (Wildman–Crippen MR) is 70.2 cm³/mol. The Morgan fingerprint density at radius 1 is 1.17 bits per heavy atom. The Morgan fingerprint density at radius 3 is 2.78 bits per heavy atom. The van der Waals surface area contributed by atoms with Crippen LogP contribution in [-0.2, 0) is 0 Å². The number of aromatic nitrogens is 4. The molecule has 0 saturated heterocycles. The van der Waals surface area contributed by atoms with Gasteiger partial charge in [0, 0.05) is 23.9 Å². The van der Waals surface area contributed by atoms with E-state index in [0.29, 0.717) is 5.92 Å². The minimum atomic E-state index is 0.567. The Morgan fingerprint density at radius 2 is 2.00 bits per heavy atom. The lowest BCUT2D eigenvalue weighted by Gasteiger charge is -2.18. The third kappa shape index (κ3) is 2.28. The molecular formula is C14H18N4. The van der Waals surface area contributed by atoms with Gasteiger partial charge in [-0.05, 0) is 31.4 Å². The molecule has 2 aromatic heterocycles. The Balaban J connectivity index is 1.84. The molecule has 0 aliphatic heterocycles. The van der Waals surface area contributed by atoms with E-state index in [4.69, 9.17) is 0 Å². The summed E-state index contributed by atoms with van der Waals surface area (Å²) in [6.45, 7) is 2.03. The number of hydrogen-bond acceptors (Lipinski definition) is 3. The smallest absolute Gasteiger partial charge is 0.182 e. The van der Waals surface area contributed by atoms with Crippen molar-refractivity contribution in [2.24, 2.45) is 0 Å². The Bertz CT molecular complexity index is 526. The Hall–Kier alpha value is -1.71. The molecule has 0 unspecified atom stereocenters. The highest BCUT2D eigenvalue weighted by Gasteiger charge is 2.19. The molecule has 4 heteroatoms. The average molecular weight is 242 g/mol. The van der Waals surface area contributed by atoms with E-state index in [9.17, 15) is 0 Å². The van der Waals surface area contributed by atoms with Gasteiger partial charge < -0.3 is 0 Å². The second-order valence-corrected chi connectivity index (χ2v) is 5.13. The van der Waals surface area contributed by atoms with Crippen molar-refractivity contribution in [3.05, 3.63) is 29.8 Å². The number of aryl methyl sites for hydroxylation is 1. The Labute approximate surface area is 107 Å². The Kier molecular flexibility index (Phi) is 3.09. The fourth-order valence-electron chi connectivity index (χ4n) is 2.64. The fraction of sp³-hybridized carbons (Fsp3) is 0.500. The molecule has 94 valence electrons. The summed E-state index contributed by atoms with van der Waals surface area (Å²) in [6.07, 6.45) is 10.1. The summed E-state index contributed by atoms with van der Waals surface area (Å²) in [5, 5.41) is 7.43. The number of nitrogens with zero attached hydrogens (tertiary/aromatic N) is 3. The predicted octanol–water partition coefficient (Wildman–Crippen LogP) is 3.22. The van der Waals surface area contributed by atoms with Gasteiger partial charge >= 0.3 is 0 Å². The maximum absolute atomic E-state index is 4.64. The molecule has 1 saturated carbocycles. The normalized spacial score (nSPS) is 16.9. The first kappa shape index (κ1) is 11.4. The van der Waals surface area contributed by atoms with Crippen LogP contribution in [0, 0.1) is 6.92 Å². The first-order valence-electron chi connectivity index (χ1n) is 6.67. The number of H-pyrrole nitrogens is 1. The molecule has 4 nitrogen and oxygen atoms in total. The van der Waals surface area contributed by atoms with Crippen LogP contribution in [0.1, 0.15) is 49.4 Å². The number of rotatable bonds is 2. The first-order chi connectivity index (χ1) is 8.83. The quantitative estimate of drug-likeness (QED) is 0.879. The van der Waals surface area contributed by atoms with E-state index in [1.54, 1.807) is 0 Å². The van der Waals surface area contributed by atoms with Gasteiger partial charge in [-0.25, -0.2) is 4.98 Å². The van der Waals surface area contributed by atoms with E-state index in [2.05, 4.69) is 26.2 Å². The van der Waals surface area contributed by atoms with Crippen LogP contribution >= 0.6 is 0 Å². The second kappa shape index (κ2) is 4.88. The molecule has 2 heterocycles. The first-order valence-corrected chi connectivity index (χ1v) is 6.67. The summed E-state index contributed by atoms with van der Waals surface area (Å²) in [4.78, 5) is 8.83. The van der Waals surface area contributed by atoms with Gasteiger partial charge in [0.25, 0.3) is 0 Å². The van der Waals surface area contributed by atoms with E-state index < -0.39 is 0 Å². The van der Waals surface area contributed by atoms with E-state index in [-0.39, 0.29) is 0 Å². The summed E-state index contributed by atoms with van der Waals surface area (Å²) < 4.78 is 0. The summed E-state index contributed by atoms with van der Waals surface area (Å²) in [6, 6.07) is 2.07. The van der Waals surface area contributed by atoms with E-state index in [1.165, 1.54) is 32.1 Å². The fourth-order valence-corrected chi connectivity index (χ4v) is 2.64. The molecule has 0 amide bonds. The molecule has 2 aromatic rings. The van der Waals surface area contributed by atoms with Crippen LogP contribution in [0.4, 0.5) is 0 Å². The number of aromatic amines is 1. The maximum atomic E-state index is 4.64. The van der Waals surface area contributed by atoms with Crippen molar-refractivity contribution in [2.75, 3.05) is 0 Å². The van der Waals surface area contributed by atoms with Crippen molar-refractivity contribution in [3.8, 4) is 11.4 Å². The largest absolute Gasteiger partial charge is 0.264 e. The summed E-state index contributed by atoms with van der Waals surface area (Å²) >= 11 is 0. The maximum Gasteiger partial charge on any atom is 0.182 e. The van der Waals surface area contributed by atoms with Gasteiger partial charge in [0.2, 0.25) is 0 Å². The van der Waals surface area contributed by atoms with Crippen LogP contribution in [0.15, 0.2) is 18.5 Å². The van der Waals surface area contributed by atoms with E-state index >= 15 is 0 Å². The van der Waals surface area contributed by atoms with Gasteiger partial charge in [-0.3, -0.25) is 10.1 Å². The zero-order valence-corrected chi connectivity index (χ0v) is 10.7. The molecule has 1 aliphatic carbocycles. The molecule has 1 aliphatic rings. The molecule has 1 fully saturated rings. The molecule has 0 bridgehead atoms. The molecule has 18 heavy (non-hydrogen) atoms. The molecule has 3 rings (SSSR count). The highest BCUT2D eigenvalue weighted by atomic mass is 15.2. The zero-order chi connectivity index (χ0) is 12.4. The SMILES string of the molecule is Cc1cncc(-c2n[nH]c(C3CCCCC3)n2)c1. The van der Waals surface area contributed by atoms with Crippen LogP contribution in [0.25, 0.3) is 11.4 Å². The molecular weight excluding hydrogens is 224 g/mol. The second-order valence-electron chi connectivity index (χ2n) is 5.13. The lowest BCUT2D eigenvalue weighted by molar-refractivity contribution is 0.429. The van der Waals surface area contributed by atoms with Crippen LogP contribution in [-0.4, -0.2) is 20.2 Å². The average Bonchev–Trinajstić information content (AvgIpc) is 2.89. The summed E-state index contributed by atoms with van der Waals surface area (Å²) in [7, 11) is 0. The lowest BCUT2D eigenvalue weighted by atomic mass is 9.89. The van der Waals surface area contributed by atoms with Crippen LogP contribution < -0.4 is 0 Å².